The highest BCUT2D eigenvalue weighted by molar-refractivity contribution is 5.96. The number of rotatable bonds is 6. The number of amides is 1. The number of benzene rings is 1. The van der Waals surface area contributed by atoms with E-state index in [1.165, 1.54) is 0 Å². The zero-order valence-corrected chi connectivity index (χ0v) is 15.1. The second-order valence-electron chi connectivity index (χ2n) is 7.27. The molecule has 7 nitrogen and oxygen atoms in total. The standard InChI is InChI=1S/C20H22N6O/c27-20-17-13(9-11-22-20)19(26-18(25-17)12-7-8-12)21-10-3-6-16-23-14-4-1-2-5-15(14)24-16/h1-2,4-5,12H,3,6-11H2,(H,22,27)(H,23,24)(H,21,25,26). The molecule has 0 saturated heterocycles. The highest BCUT2D eigenvalue weighted by atomic mass is 16.1. The Balaban J connectivity index is 1.28. The van der Waals surface area contributed by atoms with Gasteiger partial charge in [-0.2, -0.15) is 0 Å². The molecule has 1 amide bonds. The maximum absolute atomic E-state index is 12.2. The van der Waals surface area contributed by atoms with E-state index in [0.717, 1.165) is 72.7 Å². The molecule has 1 aliphatic carbocycles. The Hall–Kier alpha value is -2.96. The third-order valence-electron chi connectivity index (χ3n) is 5.16. The van der Waals surface area contributed by atoms with Crippen molar-refractivity contribution in [2.24, 2.45) is 0 Å². The first-order valence-electron chi connectivity index (χ1n) is 9.64. The van der Waals surface area contributed by atoms with E-state index in [9.17, 15) is 4.79 Å². The van der Waals surface area contributed by atoms with E-state index in [-0.39, 0.29) is 5.91 Å². The monoisotopic (exact) mass is 362 g/mol. The summed E-state index contributed by atoms with van der Waals surface area (Å²) >= 11 is 0. The molecule has 138 valence electrons. The number of fused-ring (bicyclic) bond motifs is 2. The number of anilines is 1. The molecular formula is C20H22N6O. The lowest BCUT2D eigenvalue weighted by Gasteiger charge is -2.20. The van der Waals surface area contributed by atoms with Crippen molar-refractivity contribution in [1.82, 2.24) is 25.3 Å². The van der Waals surface area contributed by atoms with Crippen LogP contribution in [-0.2, 0) is 12.8 Å². The van der Waals surface area contributed by atoms with Crippen LogP contribution in [0.15, 0.2) is 24.3 Å². The normalized spacial score (nSPS) is 16.2. The largest absolute Gasteiger partial charge is 0.370 e. The van der Waals surface area contributed by atoms with E-state index < -0.39 is 0 Å². The van der Waals surface area contributed by atoms with E-state index in [4.69, 9.17) is 4.98 Å². The summed E-state index contributed by atoms with van der Waals surface area (Å²) in [5.74, 6) is 2.99. The summed E-state index contributed by atoms with van der Waals surface area (Å²) < 4.78 is 0. The van der Waals surface area contributed by atoms with E-state index in [2.05, 4.69) is 25.6 Å². The summed E-state index contributed by atoms with van der Waals surface area (Å²) in [7, 11) is 0. The molecule has 1 fully saturated rings. The lowest BCUT2D eigenvalue weighted by atomic mass is 10.1. The number of carbonyl (C=O) groups excluding carboxylic acids is 1. The predicted octanol–water partition coefficient (Wildman–Crippen LogP) is 2.56. The van der Waals surface area contributed by atoms with Gasteiger partial charge in [0.05, 0.1) is 11.0 Å². The van der Waals surface area contributed by atoms with Crippen LogP contribution in [0.4, 0.5) is 5.82 Å². The van der Waals surface area contributed by atoms with Gasteiger partial charge < -0.3 is 15.6 Å². The Morgan fingerprint density at radius 1 is 1.15 bits per heavy atom. The SMILES string of the molecule is O=C1NCCc2c(NCCCc3nc4ccccc4[nH]3)nc(C3CC3)nc21. The molecule has 7 heteroatoms. The van der Waals surface area contributed by atoms with Crippen molar-refractivity contribution in [3.8, 4) is 0 Å². The molecule has 3 aromatic rings. The van der Waals surface area contributed by atoms with Gasteiger partial charge in [-0.3, -0.25) is 4.79 Å². The Bertz CT molecular complexity index is 974. The van der Waals surface area contributed by atoms with Crippen molar-refractivity contribution in [3.63, 3.8) is 0 Å². The van der Waals surface area contributed by atoms with Crippen LogP contribution in [0.2, 0.25) is 0 Å². The number of aromatic amines is 1. The number of nitrogens with zero attached hydrogens (tertiary/aromatic N) is 3. The molecule has 5 rings (SSSR count). The minimum absolute atomic E-state index is 0.0779. The number of hydrogen-bond acceptors (Lipinski definition) is 5. The predicted molar refractivity (Wildman–Crippen MR) is 103 cm³/mol. The topological polar surface area (TPSA) is 95.6 Å². The number of imidazole rings is 1. The van der Waals surface area contributed by atoms with Crippen molar-refractivity contribution >= 4 is 22.8 Å². The number of H-pyrrole nitrogens is 1. The summed E-state index contributed by atoms with van der Waals surface area (Å²) in [5.41, 5.74) is 3.58. The van der Waals surface area contributed by atoms with Crippen LogP contribution in [0.1, 0.15) is 52.9 Å². The molecular weight excluding hydrogens is 340 g/mol. The molecule has 3 heterocycles. The molecule has 0 spiro atoms. The Morgan fingerprint density at radius 2 is 2.04 bits per heavy atom. The Labute approximate surface area is 157 Å². The van der Waals surface area contributed by atoms with Gasteiger partial charge in [0.25, 0.3) is 5.91 Å². The molecule has 2 aromatic heterocycles. The molecule has 1 aliphatic heterocycles. The van der Waals surface area contributed by atoms with Crippen molar-refractivity contribution in [2.75, 3.05) is 18.4 Å². The van der Waals surface area contributed by atoms with Gasteiger partial charge in [-0.1, -0.05) is 12.1 Å². The molecule has 1 aromatic carbocycles. The van der Waals surface area contributed by atoms with Gasteiger partial charge in [0.1, 0.15) is 23.2 Å². The van der Waals surface area contributed by atoms with Crippen molar-refractivity contribution < 1.29 is 4.79 Å². The van der Waals surface area contributed by atoms with Crippen LogP contribution < -0.4 is 10.6 Å². The maximum atomic E-state index is 12.2. The van der Waals surface area contributed by atoms with E-state index in [1.54, 1.807) is 0 Å². The first-order chi connectivity index (χ1) is 13.3. The van der Waals surface area contributed by atoms with Crippen LogP contribution in [0.3, 0.4) is 0 Å². The fourth-order valence-electron chi connectivity index (χ4n) is 3.57. The third-order valence-corrected chi connectivity index (χ3v) is 5.16. The van der Waals surface area contributed by atoms with Crippen molar-refractivity contribution in [2.45, 2.75) is 38.0 Å². The van der Waals surface area contributed by atoms with Gasteiger partial charge in [-0.15, -0.1) is 0 Å². The molecule has 0 unspecified atom stereocenters. The highest BCUT2D eigenvalue weighted by Gasteiger charge is 2.31. The number of aryl methyl sites for hydroxylation is 1. The second kappa shape index (κ2) is 6.64. The zero-order chi connectivity index (χ0) is 18.2. The van der Waals surface area contributed by atoms with Crippen LogP contribution in [0.25, 0.3) is 11.0 Å². The molecule has 0 atom stereocenters. The summed E-state index contributed by atoms with van der Waals surface area (Å²) in [4.78, 5) is 29.5. The Morgan fingerprint density at radius 3 is 2.89 bits per heavy atom. The highest BCUT2D eigenvalue weighted by Crippen LogP contribution is 2.39. The quantitative estimate of drug-likeness (QED) is 0.586. The van der Waals surface area contributed by atoms with Gasteiger partial charge in [0, 0.05) is 31.0 Å². The minimum atomic E-state index is -0.0779. The summed E-state index contributed by atoms with van der Waals surface area (Å²) in [6, 6.07) is 8.07. The van der Waals surface area contributed by atoms with E-state index >= 15 is 0 Å². The second-order valence-corrected chi connectivity index (χ2v) is 7.27. The van der Waals surface area contributed by atoms with Crippen molar-refractivity contribution in [3.05, 3.63) is 47.2 Å². The molecule has 0 bridgehead atoms. The van der Waals surface area contributed by atoms with Crippen LogP contribution >= 0.6 is 0 Å². The summed E-state index contributed by atoms with van der Waals surface area (Å²) in [6.45, 7) is 1.43. The van der Waals surface area contributed by atoms with Crippen LogP contribution in [-0.4, -0.2) is 38.9 Å². The zero-order valence-electron chi connectivity index (χ0n) is 15.1. The van der Waals surface area contributed by atoms with Crippen LogP contribution in [0.5, 0.6) is 0 Å². The number of para-hydroxylation sites is 2. The average molecular weight is 362 g/mol. The number of nitrogens with one attached hydrogen (secondary N) is 3. The van der Waals surface area contributed by atoms with Crippen molar-refractivity contribution in [1.29, 1.82) is 0 Å². The average Bonchev–Trinajstić information content (AvgIpc) is 3.45. The molecule has 3 N–H and O–H groups in total. The summed E-state index contributed by atoms with van der Waals surface area (Å²) in [6.07, 6.45) is 4.81. The number of aromatic nitrogens is 4. The molecule has 0 radical (unpaired) electrons. The molecule has 1 saturated carbocycles. The van der Waals surface area contributed by atoms with Gasteiger partial charge in [-0.05, 0) is 37.8 Å². The first-order valence-corrected chi connectivity index (χ1v) is 9.64. The fourth-order valence-corrected chi connectivity index (χ4v) is 3.57. The molecule has 27 heavy (non-hydrogen) atoms. The van der Waals surface area contributed by atoms with Gasteiger partial charge in [0.2, 0.25) is 0 Å². The fraction of sp³-hybridized carbons (Fsp3) is 0.400. The maximum Gasteiger partial charge on any atom is 0.270 e. The number of carbonyl (C=O) groups is 1. The number of hydrogen-bond donors (Lipinski definition) is 3. The van der Waals surface area contributed by atoms with Crippen LogP contribution in [0, 0.1) is 0 Å². The van der Waals surface area contributed by atoms with E-state index in [0.29, 0.717) is 18.2 Å². The third kappa shape index (κ3) is 3.25. The van der Waals surface area contributed by atoms with Gasteiger partial charge in [-0.25, -0.2) is 15.0 Å². The first kappa shape index (κ1) is 16.2. The smallest absolute Gasteiger partial charge is 0.270 e. The van der Waals surface area contributed by atoms with E-state index in [1.807, 2.05) is 24.3 Å². The van der Waals surface area contributed by atoms with Gasteiger partial charge >= 0.3 is 0 Å². The summed E-state index contributed by atoms with van der Waals surface area (Å²) in [5, 5.41) is 6.33. The lowest BCUT2D eigenvalue weighted by molar-refractivity contribution is 0.0940. The Kier molecular flexibility index (Phi) is 3.99. The molecule has 2 aliphatic rings. The minimum Gasteiger partial charge on any atom is -0.370 e. The van der Waals surface area contributed by atoms with Gasteiger partial charge in [0.15, 0.2) is 0 Å². The lowest BCUT2D eigenvalue weighted by Crippen LogP contribution is -2.34.